The first-order chi connectivity index (χ1) is 8.99. The Kier molecular flexibility index (Phi) is 6.12. The van der Waals surface area contributed by atoms with Gasteiger partial charge in [-0.25, -0.2) is 0 Å². The van der Waals surface area contributed by atoms with Crippen molar-refractivity contribution in [3.05, 3.63) is 33.8 Å². The van der Waals surface area contributed by atoms with Crippen LogP contribution >= 0.6 is 23.2 Å². The molecule has 0 unspecified atom stereocenters. The molecule has 1 aromatic carbocycles. The zero-order valence-electron chi connectivity index (χ0n) is 10.8. The summed E-state index contributed by atoms with van der Waals surface area (Å²) in [6.07, 6.45) is 0.740. The Labute approximate surface area is 122 Å². The van der Waals surface area contributed by atoms with Gasteiger partial charge in [0.25, 0.3) is 5.91 Å². The fourth-order valence-electron chi connectivity index (χ4n) is 1.55. The van der Waals surface area contributed by atoms with E-state index >= 15 is 0 Å². The van der Waals surface area contributed by atoms with Crippen molar-refractivity contribution >= 4 is 35.1 Å². The van der Waals surface area contributed by atoms with Crippen molar-refractivity contribution in [2.75, 3.05) is 20.2 Å². The molecule has 1 amide bonds. The zero-order valence-corrected chi connectivity index (χ0v) is 12.3. The molecule has 0 heterocycles. The minimum Gasteiger partial charge on any atom is -0.468 e. The van der Waals surface area contributed by atoms with Gasteiger partial charge >= 0.3 is 5.97 Å². The van der Waals surface area contributed by atoms with Crippen LogP contribution in [0.15, 0.2) is 18.2 Å². The van der Waals surface area contributed by atoms with E-state index in [-0.39, 0.29) is 12.5 Å². The molecule has 0 saturated carbocycles. The number of esters is 1. The number of halogens is 2. The summed E-state index contributed by atoms with van der Waals surface area (Å²) in [7, 11) is 1.29. The molecular formula is C13H15Cl2NO3. The SMILES string of the molecule is CCCN(CC(=O)OC)C(=O)c1ccc(Cl)c(Cl)c1. The fraction of sp³-hybridized carbons (Fsp3) is 0.385. The molecule has 6 heteroatoms. The smallest absolute Gasteiger partial charge is 0.325 e. The zero-order chi connectivity index (χ0) is 14.4. The van der Waals surface area contributed by atoms with E-state index in [9.17, 15) is 9.59 Å². The quantitative estimate of drug-likeness (QED) is 0.786. The minimum absolute atomic E-state index is 0.0799. The first-order valence-corrected chi connectivity index (χ1v) is 6.56. The van der Waals surface area contributed by atoms with Gasteiger partial charge in [0.1, 0.15) is 6.54 Å². The van der Waals surface area contributed by atoms with E-state index in [1.165, 1.54) is 18.1 Å². The molecule has 0 atom stereocenters. The van der Waals surface area contributed by atoms with Crippen molar-refractivity contribution in [1.29, 1.82) is 0 Å². The summed E-state index contributed by atoms with van der Waals surface area (Å²) in [6.45, 7) is 2.31. The number of amides is 1. The Morgan fingerprint density at radius 1 is 1.26 bits per heavy atom. The first kappa shape index (κ1) is 15.8. The van der Waals surface area contributed by atoms with Crippen LogP contribution in [-0.4, -0.2) is 37.0 Å². The van der Waals surface area contributed by atoms with Gasteiger partial charge in [0.2, 0.25) is 0 Å². The van der Waals surface area contributed by atoms with Crippen LogP contribution in [-0.2, 0) is 9.53 Å². The molecule has 0 saturated heterocycles. The molecular weight excluding hydrogens is 289 g/mol. The van der Waals surface area contributed by atoms with Gasteiger partial charge in [-0.2, -0.15) is 0 Å². The summed E-state index contributed by atoms with van der Waals surface area (Å²) >= 11 is 11.7. The van der Waals surface area contributed by atoms with Crippen molar-refractivity contribution in [1.82, 2.24) is 4.90 Å². The fourth-order valence-corrected chi connectivity index (χ4v) is 1.85. The van der Waals surface area contributed by atoms with E-state index in [1.807, 2.05) is 6.92 Å². The molecule has 19 heavy (non-hydrogen) atoms. The highest BCUT2D eigenvalue weighted by Gasteiger charge is 2.19. The van der Waals surface area contributed by atoms with E-state index in [2.05, 4.69) is 4.74 Å². The highest BCUT2D eigenvalue weighted by Crippen LogP contribution is 2.23. The first-order valence-electron chi connectivity index (χ1n) is 5.80. The van der Waals surface area contributed by atoms with E-state index < -0.39 is 5.97 Å². The summed E-state index contributed by atoms with van der Waals surface area (Å²) in [4.78, 5) is 25.0. The molecule has 0 radical (unpaired) electrons. The van der Waals surface area contributed by atoms with Crippen molar-refractivity contribution in [3.8, 4) is 0 Å². The second-order valence-corrected chi connectivity index (χ2v) is 4.75. The molecule has 0 aromatic heterocycles. The number of methoxy groups -OCH3 is 1. The van der Waals surface area contributed by atoms with E-state index in [4.69, 9.17) is 23.2 Å². The molecule has 0 N–H and O–H groups in total. The van der Waals surface area contributed by atoms with Gasteiger partial charge in [0.15, 0.2) is 0 Å². The summed E-state index contributed by atoms with van der Waals surface area (Å²) in [6, 6.07) is 4.63. The Morgan fingerprint density at radius 2 is 1.95 bits per heavy atom. The van der Waals surface area contributed by atoms with Crippen LogP contribution in [0.3, 0.4) is 0 Å². The number of nitrogens with zero attached hydrogens (tertiary/aromatic N) is 1. The van der Waals surface area contributed by atoms with Gasteiger partial charge in [0, 0.05) is 12.1 Å². The Bertz CT molecular complexity index is 477. The standard InChI is InChI=1S/C13H15Cl2NO3/c1-3-6-16(8-12(17)19-2)13(18)9-4-5-10(14)11(15)7-9/h4-5,7H,3,6,8H2,1-2H3. The Balaban J connectivity index is 2.91. The number of benzene rings is 1. The summed E-state index contributed by atoms with van der Waals surface area (Å²) in [5.74, 6) is -0.729. The summed E-state index contributed by atoms with van der Waals surface area (Å²) in [5, 5.41) is 0.690. The van der Waals surface area contributed by atoms with Gasteiger partial charge in [-0.3, -0.25) is 9.59 Å². The summed E-state index contributed by atoms with van der Waals surface area (Å²) < 4.78 is 4.58. The molecule has 0 aliphatic rings. The lowest BCUT2D eigenvalue weighted by atomic mass is 10.2. The predicted molar refractivity (Wildman–Crippen MR) is 74.7 cm³/mol. The molecule has 0 aliphatic carbocycles. The predicted octanol–water partition coefficient (Wildman–Crippen LogP) is 3.02. The number of carbonyl (C=O) groups is 2. The van der Waals surface area contributed by atoms with Crippen molar-refractivity contribution in [2.45, 2.75) is 13.3 Å². The normalized spacial score (nSPS) is 10.1. The molecule has 1 rings (SSSR count). The number of hydrogen-bond acceptors (Lipinski definition) is 3. The van der Waals surface area contributed by atoms with Gasteiger partial charge in [0.05, 0.1) is 17.2 Å². The van der Waals surface area contributed by atoms with Crippen LogP contribution in [0.1, 0.15) is 23.7 Å². The molecule has 104 valence electrons. The largest absolute Gasteiger partial charge is 0.468 e. The van der Waals surface area contributed by atoms with Crippen LogP contribution in [0.2, 0.25) is 10.0 Å². The van der Waals surface area contributed by atoms with E-state index in [1.54, 1.807) is 12.1 Å². The lowest BCUT2D eigenvalue weighted by Gasteiger charge is -2.20. The maximum atomic E-state index is 12.3. The number of rotatable bonds is 5. The monoisotopic (exact) mass is 303 g/mol. The topological polar surface area (TPSA) is 46.6 Å². The molecule has 4 nitrogen and oxygen atoms in total. The second kappa shape index (κ2) is 7.36. The maximum Gasteiger partial charge on any atom is 0.325 e. The Morgan fingerprint density at radius 3 is 2.47 bits per heavy atom. The second-order valence-electron chi connectivity index (χ2n) is 3.93. The van der Waals surface area contributed by atoms with Crippen molar-refractivity contribution < 1.29 is 14.3 Å². The van der Waals surface area contributed by atoms with Gasteiger partial charge in [-0.15, -0.1) is 0 Å². The number of carbonyl (C=O) groups excluding carboxylic acids is 2. The Hall–Kier alpha value is -1.26. The van der Waals surface area contributed by atoms with Crippen LogP contribution in [0.25, 0.3) is 0 Å². The third-order valence-electron chi connectivity index (χ3n) is 2.49. The van der Waals surface area contributed by atoms with Crippen LogP contribution in [0.5, 0.6) is 0 Å². The number of hydrogen-bond donors (Lipinski definition) is 0. The highest BCUT2D eigenvalue weighted by molar-refractivity contribution is 6.42. The molecule has 0 spiro atoms. The average molecular weight is 304 g/mol. The van der Waals surface area contributed by atoms with Crippen molar-refractivity contribution in [3.63, 3.8) is 0 Å². The van der Waals surface area contributed by atoms with Gasteiger partial charge in [-0.05, 0) is 24.6 Å². The van der Waals surface area contributed by atoms with Crippen LogP contribution < -0.4 is 0 Å². The highest BCUT2D eigenvalue weighted by atomic mass is 35.5. The minimum atomic E-state index is -0.457. The molecule has 1 aromatic rings. The van der Waals surface area contributed by atoms with Gasteiger partial charge in [-0.1, -0.05) is 30.1 Å². The van der Waals surface area contributed by atoms with Crippen molar-refractivity contribution in [2.24, 2.45) is 0 Å². The average Bonchev–Trinajstić information content (AvgIpc) is 2.40. The van der Waals surface area contributed by atoms with E-state index in [0.29, 0.717) is 22.2 Å². The third kappa shape index (κ3) is 4.40. The lowest BCUT2D eigenvalue weighted by Crippen LogP contribution is -2.36. The van der Waals surface area contributed by atoms with E-state index in [0.717, 1.165) is 6.42 Å². The molecule has 0 fully saturated rings. The lowest BCUT2D eigenvalue weighted by molar-refractivity contribution is -0.141. The molecule has 0 aliphatic heterocycles. The molecule has 0 bridgehead atoms. The third-order valence-corrected chi connectivity index (χ3v) is 3.23. The summed E-state index contributed by atoms with van der Waals surface area (Å²) in [5.41, 5.74) is 0.395. The van der Waals surface area contributed by atoms with Crippen LogP contribution in [0.4, 0.5) is 0 Å². The number of ether oxygens (including phenoxy) is 1. The van der Waals surface area contributed by atoms with Gasteiger partial charge < -0.3 is 9.64 Å². The van der Waals surface area contributed by atoms with Crippen LogP contribution in [0, 0.1) is 0 Å². The maximum absolute atomic E-state index is 12.3.